The molecule has 3 aromatic heterocycles. The molecule has 3 heterocycles. The summed E-state index contributed by atoms with van der Waals surface area (Å²) < 4.78 is 3.11. The summed E-state index contributed by atoms with van der Waals surface area (Å²) >= 11 is 0. The summed E-state index contributed by atoms with van der Waals surface area (Å²) in [7, 11) is 0. The van der Waals surface area contributed by atoms with Gasteiger partial charge >= 0.3 is 0 Å². The number of hydrogen-bond acceptors (Lipinski definition) is 4. The van der Waals surface area contributed by atoms with Crippen LogP contribution < -0.4 is 10.9 Å². The molecule has 0 fully saturated rings. The van der Waals surface area contributed by atoms with Crippen molar-refractivity contribution in [2.75, 3.05) is 5.32 Å². The smallest absolute Gasteiger partial charge is 0.267 e. The van der Waals surface area contributed by atoms with Gasteiger partial charge in [-0.1, -0.05) is 24.3 Å². The van der Waals surface area contributed by atoms with Crippen LogP contribution in [0.1, 0.15) is 11.3 Å². The van der Waals surface area contributed by atoms with Gasteiger partial charge in [0.05, 0.1) is 17.1 Å². The first-order valence-corrected chi connectivity index (χ1v) is 8.89. The topological polar surface area (TPSA) is 81.3 Å². The number of fused-ring (bicyclic) bond motifs is 1. The highest BCUT2D eigenvalue weighted by Gasteiger charge is 2.13. The molecule has 0 saturated heterocycles. The average Bonchev–Trinajstić information content (AvgIpc) is 3.11. The van der Waals surface area contributed by atoms with Crippen molar-refractivity contribution in [1.82, 2.24) is 19.2 Å². The van der Waals surface area contributed by atoms with E-state index in [0.717, 1.165) is 27.1 Å². The first-order chi connectivity index (χ1) is 13.5. The van der Waals surface area contributed by atoms with Gasteiger partial charge in [0.25, 0.3) is 5.56 Å². The lowest BCUT2D eigenvalue weighted by Crippen LogP contribution is -2.29. The second kappa shape index (κ2) is 7.11. The number of amides is 1. The second-order valence-electron chi connectivity index (χ2n) is 6.61. The lowest BCUT2D eigenvalue weighted by molar-refractivity contribution is -0.117. The number of carbonyl (C=O) groups is 1. The van der Waals surface area contributed by atoms with Crippen LogP contribution in [0.5, 0.6) is 0 Å². The maximum Gasteiger partial charge on any atom is 0.267 e. The number of imidazole rings is 1. The molecule has 7 nitrogen and oxygen atoms in total. The summed E-state index contributed by atoms with van der Waals surface area (Å²) in [4.78, 5) is 29.1. The molecule has 1 aromatic carbocycles. The summed E-state index contributed by atoms with van der Waals surface area (Å²) in [5, 5.41) is 6.98. The third-order valence-corrected chi connectivity index (χ3v) is 4.45. The van der Waals surface area contributed by atoms with Gasteiger partial charge in [0.1, 0.15) is 12.2 Å². The third kappa shape index (κ3) is 3.42. The molecule has 0 radical (unpaired) electrons. The fourth-order valence-corrected chi connectivity index (χ4v) is 3.09. The van der Waals surface area contributed by atoms with Crippen molar-refractivity contribution in [2.24, 2.45) is 0 Å². The van der Waals surface area contributed by atoms with E-state index in [4.69, 9.17) is 4.98 Å². The molecule has 0 bridgehead atoms. The van der Waals surface area contributed by atoms with Gasteiger partial charge in [-0.2, -0.15) is 5.10 Å². The van der Waals surface area contributed by atoms with Gasteiger partial charge in [0, 0.05) is 24.0 Å². The van der Waals surface area contributed by atoms with Crippen molar-refractivity contribution in [2.45, 2.75) is 20.4 Å². The van der Waals surface area contributed by atoms with Gasteiger partial charge in [-0.3, -0.25) is 9.59 Å². The summed E-state index contributed by atoms with van der Waals surface area (Å²) in [5.74, 6) is -0.326. The Morgan fingerprint density at radius 3 is 2.71 bits per heavy atom. The third-order valence-electron chi connectivity index (χ3n) is 4.45. The van der Waals surface area contributed by atoms with E-state index in [9.17, 15) is 9.59 Å². The molecule has 0 aliphatic carbocycles. The summed E-state index contributed by atoms with van der Waals surface area (Å²) in [6.45, 7) is 3.63. The molecular weight excluding hydrogens is 354 g/mol. The number of anilines is 1. The van der Waals surface area contributed by atoms with E-state index in [1.807, 2.05) is 60.1 Å². The van der Waals surface area contributed by atoms with Gasteiger partial charge in [0.2, 0.25) is 5.91 Å². The fraction of sp³-hybridized carbons (Fsp3) is 0.143. The SMILES string of the molecule is Cc1ccc(=O)n(CC(=O)Nc2ccccc2-c2cn3cccc(C)c3n2)n1. The number of rotatable bonds is 4. The van der Waals surface area contributed by atoms with Crippen LogP contribution in [0.25, 0.3) is 16.9 Å². The van der Waals surface area contributed by atoms with Crippen molar-refractivity contribution in [3.63, 3.8) is 0 Å². The second-order valence-corrected chi connectivity index (χ2v) is 6.61. The Labute approximate surface area is 161 Å². The predicted molar refractivity (Wildman–Crippen MR) is 107 cm³/mol. The van der Waals surface area contributed by atoms with Crippen LogP contribution in [0.15, 0.2) is 65.7 Å². The molecule has 0 saturated carbocycles. The Hall–Kier alpha value is -3.74. The number of benzene rings is 1. The lowest BCUT2D eigenvalue weighted by Gasteiger charge is -2.10. The number of hydrogen-bond donors (Lipinski definition) is 1. The van der Waals surface area contributed by atoms with Gasteiger partial charge in [0.15, 0.2) is 0 Å². The predicted octanol–water partition coefficient (Wildman–Crippen LogP) is 2.81. The molecule has 0 aliphatic heterocycles. The maximum atomic E-state index is 12.5. The monoisotopic (exact) mass is 373 g/mol. The van der Waals surface area contributed by atoms with Crippen LogP contribution in [0.4, 0.5) is 5.69 Å². The zero-order valence-corrected chi connectivity index (χ0v) is 15.6. The standard InChI is InChI=1S/C21H19N5O2/c1-14-6-5-11-25-12-18(23-21(14)25)16-7-3-4-8-17(16)22-19(27)13-26-20(28)10-9-15(2)24-26/h3-12H,13H2,1-2H3,(H,22,27). The minimum atomic E-state index is -0.326. The Morgan fingerprint density at radius 2 is 1.89 bits per heavy atom. The van der Waals surface area contributed by atoms with Gasteiger partial charge in [-0.25, -0.2) is 9.67 Å². The van der Waals surface area contributed by atoms with Crippen LogP contribution >= 0.6 is 0 Å². The van der Waals surface area contributed by atoms with Gasteiger partial charge in [-0.05, 0) is 37.6 Å². The van der Waals surface area contributed by atoms with Crippen LogP contribution in [0, 0.1) is 13.8 Å². The number of carbonyl (C=O) groups excluding carboxylic acids is 1. The molecule has 7 heteroatoms. The normalized spacial score (nSPS) is 10.9. The summed E-state index contributed by atoms with van der Waals surface area (Å²) in [5.41, 5.74) is 4.50. The van der Waals surface area contributed by atoms with Gasteiger partial charge in [-0.15, -0.1) is 0 Å². The zero-order valence-electron chi connectivity index (χ0n) is 15.6. The number of para-hydroxylation sites is 1. The number of aryl methyl sites for hydroxylation is 2. The molecule has 1 amide bonds. The Kier molecular flexibility index (Phi) is 4.49. The molecular formula is C21H19N5O2. The van der Waals surface area contributed by atoms with Crippen LogP contribution in [0.3, 0.4) is 0 Å². The fourth-order valence-electron chi connectivity index (χ4n) is 3.09. The molecule has 0 unspecified atom stereocenters. The molecule has 1 N–H and O–H groups in total. The van der Waals surface area contributed by atoms with Crippen molar-refractivity contribution >= 4 is 17.2 Å². The lowest BCUT2D eigenvalue weighted by atomic mass is 10.1. The highest BCUT2D eigenvalue weighted by molar-refractivity contribution is 5.95. The zero-order chi connectivity index (χ0) is 19.7. The average molecular weight is 373 g/mol. The molecule has 28 heavy (non-hydrogen) atoms. The number of nitrogens with zero attached hydrogens (tertiary/aromatic N) is 4. The Morgan fingerprint density at radius 1 is 1.07 bits per heavy atom. The van der Waals surface area contributed by atoms with E-state index < -0.39 is 0 Å². The Balaban J connectivity index is 1.64. The number of pyridine rings is 1. The molecule has 0 atom stereocenters. The van der Waals surface area contributed by atoms with E-state index in [2.05, 4.69) is 10.4 Å². The number of aromatic nitrogens is 4. The van der Waals surface area contributed by atoms with E-state index in [1.54, 1.807) is 13.0 Å². The maximum absolute atomic E-state index is 12.5. The molecule has 0 aliphatic rings. The quantitative estimate of drug-likeness (QED) is 0.596. The molecule has 140 valence electrons. The van der Waals surface area contributed by atoms with Crippen molar-refractivity contribution in [1.29, 1.82) is 0 Å². The van der Waals surface area contributed by atoms with Crippen molar-refractivity contribution in [3.05, 3.63) is 82.5 Å². The highest BCUT2D eigenvalue weighted by atomic mass is 16.2. The van der Waals surface area contributed by atoms with Crippen molar-refractivity contribution < 1.29 is 4.79 Å². The van der Waals surface area contributed by atoms with Gasteiger partial charge < -0.3 is 9.72 Å². The highest BCUT2D eigenvalue weighted by Crippen LogP contribution is 2.28. The minimum Gasteiger partial charge on any atom is -0.324 e. The molecule has 0 spiro atoms. The van der Waals surface area contributed by atoms with E-state index in [1.165, 1.54) is 6.07 Å². The Bertz CT molecular complexity index is 1240. The van der Waals surface area contributed by atoms with Crippen LogP contribution in [-0.4, -0.2) is 25.1 Å². The van der Waals surface area contributed by atoms with Crippen LogP contribution in [0.2, 0.25) is 0 Å². The van der Waals surface area contributed by atoms with E-state index in [-0.39, 0.29) is 18.0 Å². The van der Waals surface area contributed by atoms with Crippen molar-refractivity contribution in [3.8, 4) is 11.3 Å². The summed E-state index contributed by atoms with van der Waals surface area (Å²) in [6.07, 6.45) is 3.87. The first kappa shape index (κ1) is 17.7. The molecule has 4 aromatic rings. The van der Waals surface area contributed by atoms with E-state index in [0.29, 0.717) is 11.4 Å². The first-order valence-electron chi connectivity index (χ1n) is 8.89. The van der Waals surface area contributed by atoms with Crippen LogP contribution in [-0.2, 0) is 11.3 Å². The molecule has 4 rings (SSSR count). The van der Waals surface area contributed by atoms with E-state index >= 15 is 0 Å². The summed E-state index contributed by atoms with van der Waals surface area (Å²) in [6, 6.07) is 14.5. The largest absolute Gasteiger partial charge is 0.324 e. The minimum absolute atomic E-state index is 0.154. The number of nitrogens with one attached hydrogen (secondary N) is 1.